The minimum atomic E-state index is -0.625. The first kappa shape index (κ1) is 20.6. The SMILES string of the molecule is CSCCC(NC(=O)c1ccccc1Cl)C(=O)NCC1Cc2ccccc2O1. The maximum Gasteiger partial charge on any atom is 0.253 e. The molecule has 7 heteroatoms. The van der Waals surface area contributed by atoms with Gasteiger partial charge in [0.05, 0.1) is 17.1 Å². The molecule has 0 aliphatic carbocycles. The molecule has 0 fully saturated rings. The lowest BCUT2D eigenvalue weighted by atomic mass is 10.1. The molecule has 0 saturated carbocycles. The molecular formula is C21H23ClN2O3S. The number of fused-ring (bicyclic) bond motifs is 1. The Hall–Kier alpha value is -2.18. The van der Waals surface area contributed by atoms with Crippen molar-refractivity contribution in [3.63, 3.8) is 0 Å². The normalized spacial score (nSPS) is 16.0. The van der Waals surface area contributed by atoms with Crippen molar-refractivity contribution in [3.05, 3.63) is 64.7 Å². The summed E-state index contributed by atoms with van der Waals surface area (Å²) < 4.78 is 5.86. The minimum Gasteiger partial charge on any atom is -0.488 e. The van der Waals surface area contributed by atoms with Gasteiger partial charge in [-0.3, -0.25) is 9.59 Å². The van der Waals surface area contributed by atoms with Gasteiger partial charge in [0, 0.05) is 6.42 Å². The van der Waals surface area contributed by atoms with Crippen LogP contribution in [0.2, 0.25) is 5.02 Å². The van der Waals surface area contributed by atoms with E-state index < -0.39 is 6.04 Å². The van der Waals surface area contributed by atoms with E-state index >= 15 is 0 Å². The molecule has 1 heterocycles. The number of nitrogens with one attached hydrogen (secondary N) is 2. The van der Waals surface area contributed by atoms with Crippen LogP contribution < -0.4 is 15.4 Å². The summed E-state index contributed by atoms with van der Waals surface area (Å²) in [6, 6.07) is 14.1. The third-order valence-electron chi connectivity index (χ3n) is 4.57. The summed E-state index contributed by atoms with van der Waals surface area (Å²) >= 11 is 7.72. The number of halogens is 1. The second kappa shape index (κ2) is 9.85. The zero-order valence-corrected chi connectivity index (χ0v) is 17.2. The molecule has 28 heavy (non-hydrogen) atoms. The monoisotopic (exact) mass is 418 g/mol. The molecule has 5 nitrogen and oxygen atoms in total. The lowest BCUT2D eigenvalue weighted by Crippen LogP contribution is -2.49. The Morgan fingerprint density at radius 1 is 1.21 bits per heavy atom. The van der Waals surface area contributed by atoms with Gasteiger partial charge in [-0.25, -0.2) is 0 Å². The molecule has 3 rings (SSSR count). The molecule has 1 aliphatic rings. The van der Waals surface area contributed by atoms with Gasteiger partial charge in [-0.15, -0.1) is 0 Å². The highest BCUT2D eigenvalue weighted by molar-refractivity contribution is 7.98. The zero-order valence-electron chi connectivity index (χ0n) is 15.6. The first-order chi connectivity index (χ1) is 13.6. The fourth-order valence-electron chi connectivity index (χ4n) is 3.09. The predicted octanol–water partition coefficient (Wildman–Crippen LogP) is 3.31. The number of hydrogen-bond donors (Lipinski definition) is 2. The molecule has 148 valence electrons. The molecule has 0 bridgehead atoms. The van der Waals surface area contributed by atoms with Crippen LogP contribution in [0.15, 0.2) is 48.5 Å². The van der Waals surface area contributed by atoms with E-state index in [4.69, 9.17) is 16.3 Å². The number of thioether (sulfide) groups is 1. The first-order valence-electron chi connectivity index (χ1n) is 9.15. The molecule has 0 radical (unpaired) electrons. The summed E-state index contributed by atoms with van der Waals surface area (Å²) in [5.41, 5.74) is 1.51. The van der Waals surface area contributed by atoms with Gasteiger partial charge in [0.1, 0.15) is 17.9 Å². The van der Waals surface area contributed by atoms with E-state index in [9.17, 15) is 9.59 Å². The Bertz CT molecular complexity index is 821. The first-order valence-corrected chi connectivity index (χ1v) is 10.9. The second-order valence-electron chi connectivity index (χ2n) is 6.58. The van der Waals surface area contributed by atoms with Crippen LogP contribution in [0.3, 0.4) is 0 Å². The molecule has 0 aromatic heterocycles. The van der Waals surface area contributed by atoms with Gasteiger partial charge in [-0.05, 0) is 42.2 Å². The Balaban J connectivity index is 1.57. The van der Waals surface area contributed by atoms with Crippen LogP contribution >= 0.6 is 23.4 Å². The lowest BCUT2D eigenvalue weighted by molar-refractivity contribution is -0.123. The van der Waals surface area contributed by atoms with E-state index in [2.05, 4.69) is 10.6 Å². The van der Waals surface area contributed by atoms with Crippen molar-refractivity contribution >= 4 is 35.2 Å². The lowest BCUT2D eigenvalue weighted by Gasteiger charge is -2.20. The molecular weight excluding hydrogens is 396 g/mol. The highest BCUT2D eigenvalue weighted by Gasteiger charge is 2.26. The van der Waals surface area contributed by atoms with Crippen molar-refractivity contribution in [2.75, 3.05) is 18.6 Å². The molecule has 2 aromatic rings. The summed E-state index contributed by atoms with van der Waals surface area (Å²) in [6.45, 7) is 0.394. The summed E-state index contributed by atoms with van der Waals surface area (Å²) in [7, 11) is 0. The number of rotatable bonds is 8. The minimum absolute atomic E-state index is 0.0955. The third-order valence-corrected chi connectivity index (χ3v) is 5.54. The summed E-state index contributed by atoms with van der Waals surface area (Å²) in [6.07, 6.45) is 3.17. The highest BCUT2D eigenvalue weighted by atomic mass is 35.5. The Morgan fingerprint density at radius 3 is 2.71 bits per heavy atom. The molecule has 0 saturated heterocycles. The Morgan fingerprint density at radius 2 is 1.96 bits per heavy atom. The van der Waals surface area contributed by atoms with Crippen molar-refractivity contribution in [3.8, 4) is 5.75 Å². The fraction of sp³-hybridized carbons (Fsp3) is 0.333. The maximum absolute atomic E-state index is 12.7. The summed E-state index contributed by atoms with van der Waals surface area (Å²) in [5.74, 6) is 1.06. The molecule has 2 amide bonds. The largest absolute Gasteiger partial charge is 0.488 e. The number of hydrogen-bond acceptors (Lipinski definition) is 4. The van der Waals surface area contributed by atoms with E-state index in [1.54, 1.807) is 36.0 Å². The fourth-order valence-corrected chi connectivity index (χ4v) is 3.78. The second-order valence-corrected chi connectivity index (χ2v) is 7.98. The third kappa shape index (κ3) is 5.20. The molecule has 0 spiro atoms. The van der Waals surface area contributed by atoms with E-state index in [0.717, 1.165) is 23.5 Å². The van der Waals surface area contributed by atoms with Crippen LogP contribution in [0.4, 0.5) is 0 Å². The van der Waals surface area contributed by atoms with Crippen LogP contribution in [0, 0.1) is 0 Å². The maximum atomic E-state index is 12.7. The quantitative estimate of drug-likeness (QED) is 0.690. The van der Waals surface area contributed by atoms with Gasteiger partial charge >= 0.3 is 0 Å². The van der Waals surface area contributed by atoms with E-state index in [1.807, 2.05) is 30.5 Å². The Kier molecular flexibility index (Phi) is 7.23. The van der Waals surface area contributed by atoms with E-state index in [-0.39, 0.29) is 17.9 Å². The Labute approximate surface area is 174 Å². The number of ether oxygens (including phenoxy) is 1. The van der Waals surface area contributed by atoms with Crippen LogP contribution in [0.1, 0.15) is 22.3 Å². The van der Waals surface area contributed by atoms with Gasteiger partial charge < -0.3 is 15.4 Å². The zero-order chi connectivity index (χ0) is 19.9. The van der Waals surface area contributed by atoms with Gasteiger partial charge in [-0.1, -0.05) is 41.9 Å². The molecule has 2 N–H and O–H groups in total. The van der Waals surface area contributed by atoms with Gasteiger partial charge in [0.2, 0.25) is 5.91 Å². The number of carbonyl (C=O) groups is 2. The summed E-state index contributed by atoms with van der Waals surface area (Å²) in [5, 5.41) is 6.09. The van der Waals surface area contributed by atoms with Crippen molar-refractivity contribution in [1.82, 2.24) is 10.6 Å². The average Bonchev–Trinajstić information content (AvgIpc) is 3.12. The standard InChI is InChI=1S/C21H23ClN2O3S/c1-28-11-10-18(24-20(25)16-7-3-4-8-17(16)22)21(26)23-13-15-12-14-6-2-5-9-19(14)27-15/h2-9,15,18H,10-13H2,1H3,(H,23,26)(H,24,25). The van der Waals surface area contributed by atoms with Crippen molar-refractivity contribution in [2.24, 2.45) is 0 Å². The van der Waals surface area contributed by atoms with Crippen LogP contribution in [0.25, 0.3) is 0 Å². The molecule has 2 aromatic carbocycles. The number of para-hydroxylation sites is 1. The van der Waals surface area contributed by atoms with Crippen molar-refractivity contribution < 1.29 is 14.3 Å². The summed E-state index contributed by atoms with van der Waals surface area (Å²) in [4.78, 5) is 25.3. The molecule has 2 atom stereocenters. The topological polar surface area (TPSA) is 67.4 Å². The van der Waals surface area contributed by atoms with E-state index in [1.165, 1.54) is 0 Å². The van der Waals surface area contributed by atoms with Crippen LogP contribution in [0.5, 0.6) is 5.75 Å². The average molecular weight is 419 g/mol. The smallest absolute Gasteiger partial charge is 0.253 e. The van der Waals surface area contributed by atoms with Gasteiger partial charge in [-0.2, -0.15) is 11.8 Å². The predicted molar refractivity (Wildman–Crippen MR) is 113 cm³/mol. The van der Waals surface area contributed by atoms with Gasteiger partial charge in [0.15, 0.2) is 0 Å². The molecule has 1 aliphatic heterocycles. The van der Waals surface area contributed by atoms with Crippen LogP contribution in [-0.4, -0.2) is 42.5 Å². The van der Waals surface area contributed by atoms with Gasteiger partial charge in [0.25, 0.3) is 5.91 Å². The van der Waals surface area contributed by atoms with Crippen molar-refractivity contribution in [2.45, 2.75) is 25.0 Å². The number of carbonyl (C=O) groups excluding carboxylic acids is 2. The number of benzene rings is 2. The van der Waals surface area contributed by atoms with Crippen LogP contribution in [-0.2, 0) is 11.2 Å². The number of amides is 2. The van der Waals surface area contributed by atoms with E-state index in [0.29, 0.717) is 23.6 Å². The molecule has 2 unspecified atom stereocenters. The highest BCUT2D eigenvalue weighted by Crippen LogP contribution is 2.27. The van der Waals surface area contributed by atoms with Crippen molar-refractivity contribution in [1.29, 1.82) is 0 Å².